The highest BCUT2D eigenvalue weighted by molar-refractivity contribution is 7.99. The molecule has 1 aromatic carbocycles. The van der Waals surface area contributed by atoms with Crippen LogP contribution in [0.4, 0.5) is 11.5 Å². The lowest BCUT2D eigenvalue weighted by Crippen LogP contribution is -1.91. The first kappa shape index (κ1) is 11.3. The van der Waals surface area contributed by atoms with Gasteiger partial charge in [-0.1, -0.05) is 11.8 Å². The highest BCUT2D eigenvalue weighted by atomic mass is 32.2. The molecule has 2 rings (SSSR count). The standard InChI is InChI=1S/C10H8N4O2S/c11-9-5-10(13-6-12-9)17-8-3-1-7(2-4-8)14(15)16/h1-6H,(H2,11,12,13). The minimum atomic E-state index is -0.433. The van der Waals surface area contributed by atoms with Crippen LogP contribution in [0.3, 0.4) is 0 Å². The SMILES string of the molecule is Nc1cc(Sc2ccc([N+](=O)[O-])cc2)ncn1. The van der Waals surface area contributed by atoms with Gasteiger partial charge in [0.05, 0.1) is 4.92 Å². The zero-order valence-electron chi connectivity index (χ0n) is 8.61. The second-order valence-electron chi connectivity index (χ2n) is 3.13. The molecule has 2 N–H and O–H groups in total. The number of hydrogen-bond acceptors (Lipinski definition) is 6. The van der Waals surface area contributed by atoms with Crippen LogP contribution in [0.5, 0.6) is 0 Å². The summed E-state index contributed by atoms with van der Waals surface area (Å²) >= 11 is 1.37. The van der Waals surface area contributed by atoms with Gasteiger partial charge in [-0.3, -0.25) is 10.1 Å². The molecule has 0 saturated heterocycles. The van der Waals surface area contributed by atoms with Crippen molar-refractivity contribution in [2.45, 2.75) is 9.92 Å². The Labute approximate surface area is 101 Å². The van der Waals surface area contributed by atoms with Gasteiger partial charge >= 0.3 is 0 Å². The van der Waals surface area contributed by atoms with Crippen molar-refractivity contribution in [1.29, 1.82) is 0 Å². The van der Waals surface area contributed by atoms with Gasteiger partial charge in [0.15, 0.2) is 0 Å². The molecular formula is C10H8N4O2S. The Balaban J connectivity index is 2.16. The van der Waals surface area contributed by atoms with Gasteiger partial charge in [-0.2, -0.15) is 0 Å². The van der Waals surface area contributed by atoms with E-state index in [9.17, 15) is 10.1 Å². The van der Waals surface area contributed by atoms with E-state index in [2.05, 4.69) is 9.97 Å². The average molecular weight is 248 g/mol. The summed E-state index contributed by atoms with van der Waals surface area (Å²) < 4.78 is 0. The van der Waals surface area contributed by atoms with Crippen LogP contribution in [-0.4, -0.2) is 14.9 Å². The molecule has 0 atom stereocenters. The summed E-state index contributed by atoms with van der Waals surface area (Å²) in [5.74, 6) is 0.393. The molecular weight excluding hydrogens is 240 g/mol. The highest BCUT2D eigenvalue weighted by Gasteiger charge is 2.05. The fourth-order valence-electron chi connectivity index (χ4n) is 1.17. The zero-order valence-corrected chi connectivity index (χ0v) is 9.42. The van der Waals surface area contributed by atoms with Gasteiger partial charge in [-0.25, -0.2) is 9.97 Å². The molecule has 6 nitrogen and oxygen atoms in total. The van der Waals surface area contributed by atoms with Gasteiger partial charge in [-0.15, -0.1) is 0 Å². The van der Waals surface area contributed by atoms with Crippen LogP contribution in [0.1, 0.15) is 0 Å². The van der Waals surface area contributed by atoms with Gasteiger partial charge in [0.1, 0.15) is 17.2 Å². The van der Waals surface area contributed by atoms with E-state index in [1.165, 1.54) is 30.2 Å². The molecule has 0 unspecified atom stereocenters. The number of nitro benzene ring substituents is 1. The molecule has 1 aromatic heterocycles. The molecule has 0 spiro atoms. The van der Waals surface area contributed by atoms with Crippen molar-refractivity contribution >= 4 is 23.3 Å². The molecule has 2 aromatic rings. The normalized spacial score (nSPS) is 10.1. The van der Waals surface area contributed by atoms with Crippen LogP contribution in [0.2, 0.25) is 0 Å². The van der Waals surface area contributed by atoms with Gasteiger partial charge in [-0.05, 0) is 12.1 Å². The Morgan fingerprint density at radius 1 is 1.24 bits per heavy atom. The topological polar surface area (TPSA) is 94.9 Å². The van der Waals surface area contributed by atoms with Crippen molar-refractivity contribution in [2.75, 3.05) is 5.73 Å². The number of non-ortho nitro benzene ring substituents is 1. The van der Waals surface area contributed by atoms with Crippen molar-refractivity contribution in [3.63, 3.8) is 0 Å². The third-order valence-corrected chi connectivity index (χ3v) is 2.87. The fraction of sp³-hybridized carbons (Fsp3) is 0. The quantitative estimate of drug-likeness (QED) is 0.508. The Kier molecular flexibility index (Phi) is 3.20. The van der Waals surface area contributed by atoms with E-state index < -0.39 is 4.92 Å². The highest BCUT2D eigenvalue weighted by Crippen LogP contribution is 2.27. The lowest BCUT2D eigenvalue weighted by molar-refractivity contribution is -0.384. The summed E-state index contributed by atoms with van der Waals surface area (Å²) in [5.41, 5.74) is 5.59. The van der Waals surface area contributed by atoms with Crippen LogP contribution in [-0.2, 0) is 0 Å². The van der Waals surface area contributed by atoms with E-state index in [1.807, 2.05) is 0 Å². The molecule has 17 heavy (non-hydrogen) atoms. The summed E-state index contributed by atoms with van der Waals surface area (Å²) in [5, 5.41) is 11.2. The maximum absolute atomic E-state index is 10.5. The number of rotatable bonds is 3. The number of hydrogen-bond donors (Lipinski definition) is 1. The Morgan fingerprint density at radius 3 is 2.53 bits per heavy atom. The number of nitrogen functional groups attached to an aromatic ring is 1. The monoisotopic (exact) mass is 248 g/mol. The van der Waals surface area contributed by atoms with Crippen molar-refractivity contribution in [3.8, 4) is 0 Å². The first-order valence-corrected chi connectivity index (χ1v) is 5.46. The Bertz CT molecular complexity index is 544. The predicted molar refractivity (Wildman–Crippen MR) is 63.7 cm³/mol. The molecule has 0 fully saturated rings. The maximum atomic E-state index is 10.5. The van der Waals surface area contributed by atoms with Crippen molar-refractivity contribution in [1.82, 2.24) is 9.97 Å². The van der Waals surface area contributed by atoms with E-state index in [1.54, 1.807) is 18.2 Å². The van der Waals surface area contributed by atoms with E-state index in [-0.39, 0.29) is 5.69 Å². The maximum Gasteiger partial charge on any atom is 0.269 e. The lowest BCUT2D eigenvalue weighted by Gasteiger charge is -2.00. The van der Waals surface area contributed by atoms with Crippen molar-refractivity contribution in [2.24, 2.45) is 0 Å². The average Bonchev–Trinajstić information content (AvgIpc) is 2.29. The van der Waals surface area contributed by atoms with Gasteiger partial charge in [0.2, 0.25) is 0 Å². The second kappa shape index (κ2) is 4.79. The number of nitrogens with zero attached hydrogens (tertiary/aromatic N) is 3. The lowest BCUT2D eigenvalue weighted by atomic mass is 10.3. The smallest absolute Gasteiger partial charge is 0.269 e. The first-order valence-electron chi connectivity index (χ1n) is 4.65. The Hall–Kier alpha value is -2.15. The van der Waals surface area contributed by atoms with Crippen LogP contribution >= 0.6 is 11.8 Å². The third kappa shape index (κ3) is 2.91. The number of anilines is 1. The second-order valence-corrected chi connectivity index (χ2v) is 4.23. The van der Waals surface area contributed by atoms with Crippen molar-refractivity contribution in [3.05, 3.63) is 46.8 Å². The number of nitro groups is 1. The summed E-state index contributed by atoms with van der Waals surface area (Å²) in [6.45, 7) is 0. The van der Waals surface area contributed by atoms with Gasteiger partial charge < -0.3 is 5.73 Å². The summed E-state index contributed by atoms with van der Waals surface area (Å²) in [6.07, 6.45) is 1.38. The third-order valence-electron chi connectivity index (χ3n) is 1.93. The first-order chi connectivity index (χ1) is 8.15. The predicted octanol–water partition coefficient (Wildman–Crippen LogP) is 2.12. The molecule has 0 aliphatic heterocycles. The number of nitrogens with two attached hydrogens (primary N) is 1. The minimum absolute atomic E-state index is 0.0663. The van der Waals surface area contributed by atoms with E-state index in [0.29, 0.717) is 10.8 Å². The molecule has 0 amide bonds. The largest absolute Gasteiger partial charge is 0.384 e. The summed E-state index contributed by atoms with van der Waals surface area (Å²) in [6, 6.07) is 7.88. The summed E-state index contributed by atoms with van der Waals surface area (Å²) in [7, 11) is 0. The Morgan fingerprint density at radius 2 is 1.94 bits per heavy atom. The van der Waals surface area contributed by atoms with Gasteiger partial charge in [0, 0.05) is 23.1 Å². The van der Waals surface area contributed by atoms with Crippen LogP contribution < -0.4 is 5.73 Å². The fourth-order valence-corrected chi connectivity index (χ4v) is 1.96. The van der Waals surface area contributed by atoms with E-state index in [0.717, 1.165) is 4.90 Å². The molecule has 0 aliphatic rings. The molecule has 0 radical (unpaired) electrons. The molecule has 0 aliphatic carbocycles. The van der Waals surface area contributed by atoms with E-state index >= 15 is 0 Å². The van der Waals surface area contributed by atoms with Crippen molar-refractivity contribution < 1.29 is 4.92 Å². The summed E-state index contributed by atoms with van der Waals surface area (Å²) in [4.78, 5) is 18.7. The van der Waals surface area contributed by atoms with Crippen LogP contribution in [0, 0.1) is 10.1 Å². The zero-order chi connectivity index (χ0) is 12.3. The van der Waals surface area contributed by atoms with E-state index in [4.69, 9.17) is 5.73 Å². The number of aromatic nitrogens is 2. The molecule has 1 heterocycles. The molecule has 0 saturated carbocycles. The molecule has 7 heteroatoms. The van der Waals surface area contributed by atoms with Crippen LogP contribution in [0.15, 0.2) is 46.6 Å². The number of benzene rings is 1. The molecule has 0 bridgehead atoms. The minimum Gasteiger partial charge on any atom is -0.384 e. The molecule has 86 valence electrons. The van der Waals surface area contributed by atoms with Crippen LogP contribution in [0.25, 0.3) is 0 Å². The van der Waals surface area contributed by atoms with Gasteiger partial charge in [0.25, 0.3) is 5.69 Å².